The van der Waals surface area contributed by atoms with Crippen LogP contribution in [0, 0.1) is 6.92 Å². The second-order valence-electron chi connectivity index (χ2n) is 6.28. The van der Waals surface area contributed by atoms with Gasteiger partial charge in [0.15, 0.2) is 0 Å². The number of aromatic nitrogens is 2. The lowest BCUT2D eigenvalue weighted by atomic mass is 10.2. The highest BCUT2D eigenvalue weighted by atomic mass is 32.2. The number of aryl methyl sites for hydroxylation is 1. The lowest BCUT2D eigenvalue weighted by Gasteiger charge is -2.21. The van der Waals surface area contributed by atoms with Crippen LogP contribution in [0.25, 0.3) is 11.4 Å². The summed E-state index contributed by atoms with van der Waals surface area (Å²) in [5.74, 6) is 1.83. The molecule has 0 unspecified atom stereocenters. The molecule has 0 aliphatic heterocycles. The van der Waals surface area contributed by atoms with Gasteiger partial charge in [-0.2, -0.15) is 9.29 Å². The third-order valence-electron chi connectivity index (χ3n) is 4.45. The Labute approximate surface area is 170 Å². The normalized spacial score (nSPS) is 11.6. The molecule has 0 amide bonds. The maximum atomic E-state index is 13.3. The Morgan fingerprint density at radius 3 is 2.34 bits per heavy atom. The lowest BCUT2D eigenvalue weighted by Crippen LogP contribution is -2.30. The minimum atomic E-state index is -3.75. The highest BCUT2D eigenvalue weighted by molar-refractivity contribution is 7.89. The second-order valence-corrected chi connectivity index (χ2v) is 8.22. The molecular weight excluding hydrogens is 394 g/mol. The van der Waals surface area contributed by atoms with Crippen LogP contribution < -0.4 is 9.47 Å². The van der Waals surface area contributed by atoms with Crippen LogP contribution in [0.4, 0.5) is 0 Å². The van der Waals surface area contributed by atoms with Gasteiger partial charge in [0.1, 0.15) is 11.5 Å². The maximum Gasteiger partial charge on any atom is 0.243 e. The van der Waals surface area contributed by atoms with Crippen LogP contribution in [0.5, 0.6) is 11.5 Å². The Hall–Kier alpha value is -2.91. The SMILES string of the molecule is CCN(Cc1ccc(OC)cc1)S(=O)(=O)c1ccc(OC)c(-c2noc(C)n2)c1. The van der Waals surface area contributed by atoms with Crippen molar-refractivity contribution in [3.63, 3.8) is 0 Å². The Bertz CT molecular complexity index is 1080. The van der Waals surface area contributed by atoms with Gasteiger partial charge in [-0.1, -0.05) is 24.2 Å². The zero-order chi connectivity index (χ0) is 21.0. The summed E-state index contributed by atoms with van der Waals surface area (Å²) in [7, 11) is -0.664. The molecular formula is C20H23N3O5S. The standard InChI is InChI=1S/C20H23N3O5S/c1-5-23(13-15-6-8-16(26-3)9-7-15)29(24,25)17-10-11-19(27-4)18(12-17)20-21-14(2)28-22-20/h6-12H,5,13H2,1-4H3. The number of hydrogen-bond acceptors (Lipinski definition) is 7. The summed E-state index contributed by atoms with van der Waals surface area (Å²) in [6, 6.07) is 11.9. The molecule has 0 radical (unpaired) electrons. The lowest BCUT2D eigenvalue weighted by molar-refractivity contribution is 0.392. The minimum absolute atomic E-state index is 0.131. The van der Waals surface area contributed by atoms with E-state index in [0.717, 1.165) is 11.3 Å². The first kappa shape index (κ1) is 20.8. The van der Waals surface area contributed by atoms with Gasteiger partial charge in [-0.05, 0) is 35.9 Å². The summed E-state index contributed by atoms with van der Waals surface area (Å²) in [4.78, 5) is 4.31. The van der Waals surface area contributed by atoms with Gasteiger partial charge in [0, 0.05) is 20.0 Å². The van der Waals surface area contributed by atoms with Crippen molar-refractivity contribution in [2.24, 2.45) is 0 Å². The summed E-state index contributed by atoms with van der Waals surface area (Å²) in [6.45, 7) is 4.02. The van der Waals surface area contributed by atoms with E-state index in [9.17, 15) is 8.42 Å². The number of sulfonamides is 1. The maximum absolute atomic E-state index is 13.3. The van der Waals surface area contributed by atoms with Crippen molar-refractivity contribution in [1.82, 2.24) is 14.4 Å². The molecule has 0 spiro atoms. The summed E-state index contributed by atoms with van der Waals surface area (Å²) in [5.41, 5.74) is 1.31. The van der Waals surface area contributed by atoms with E-state index in [4.69, 9.17) is 14.0 Å². The van der Waals surface area contributed by atoms with Crippen molar-refractivity contribution in [2.45, 2.75) is 25.3 Å². The van der Waals surface area contributed by atoms with Crippen molar-refractivity contribution < 1.29 is 22.4 Å². The van der Waals surface area contributed by atoms with Crippen LogP contribution >= 0.6 is 0 Å². The first-order chi connectivity index (χ1) is 13.9. The molecule has 0 atom stereocenters. The molecule has 1 heterocycles. The van der Waals surface area contributed by atoms with Crippen LogP contribution in [-0.4, -0.2) is 43.6 Å². The fraction of sp³-hybridized carbons (Fsp3) is 0.300. The van der Waals surface area contributed by atoms with Crippen molar-refractivity contribution in [2.75, 3.05) is 20.8 Å². The third kappa shape index (κ3) is 4.41. The van der Waals surface area contributed by atoms with Gasteiger partial charge in [0.2, 0.25) is 21.7 Å². The molecule has 0 bridgehead atoms. The molecule has 0 N–H and O–H groups in total. The quantitative estimate of drug-likeness (QED) is 0.555. The van der Waals surface area contributed by atoms with E-state index in [1.807, 2.05) is 12.1 Å². The molecule has 3 aromatic rings. The molecule has 8 nitrogen and oxygen atoms in total. The fourth-order valence-corrected chi connectivity index (χ4v) is 4.35. The van der Waals surface area contributed by atoms with Gasteiger partial charge >= 0.3 is 0 Å². The highest BCUT2D eigenvalue weighted by Crippen LogP contribution is 2.31. The number of methoxy groups -OCH3 is 2. The van der Waals surface area contributed by atoms with Gasteiger partial charge in [0.25, 0.3) is 0 Å². The smallest absolute Gasteiger partial charge is 0.243 e. The van der Waals surface area contributed by atoms with Crippen LogP contribution in [0.15, 0.2) is 51.9 Å². The zero-order valence-corrected chi connectivity index (χ0v) is 17.6. The summed E-state index contributed by atoms with van der Waals surface area (Å²) < 4.78 is 43.5. The first-order valence-electron chi connectivity index (χ1n) is 9.00. The van der Waals surface area contributed by atoms with E-state index < -0.39 is 10.0 Å². The molecule has 0 saturated heterocycles. The molecule has 9 heteroatoms. The number of ether oxygens (including phenoxy) is 2. The van der Waals surface area contributed by atoms with Crippen molar-refractivity contribution in [1.29, 1.82) is 0 Å². The van der Waals surface area contributed by atoms with Gasteiger partial charge < -0.3 is 14.0 Å². The Morgan fingerprint density at radius 1 is 1.07 bits per heavy atom. The first-order valence-corrected chi connectivity index (χ1v) is 10.4. The number of rotatable bonds is 8. The predicted molar refractivity (Wildman–Crippen MR) is 107 cm³/mol. The predicted octanol–water partition coefficient (Wildman–Crippen LogP) is 3.27. The zero-order valence-electron chi connectivity index (χ0n) is 16.7. The largest absolute Gasteiger partial charge is 0.497 e. The van der Waals surface area contributed by atoms with Crippen LogP contribution in [0.3, 0.4) is 0 Å². The molecule has 0 saturated carbocycles. The molecule has 29 heavy (non-hydrogen) atoms. The van der Waals surface area contributed by atoms with Gasteiger partial charge in [-0.3, -0.25) is 0 Å². The van der Waals surface area contributed by atoms with Crippen molar-refractivity contribution in [3.8, 4) is 22.9 Å². The average Bonchev–Trinajstić information content (AvgIpc) is 3.17. The van der Waals surface area contributed by atoms with Crippen LogP contribution in [0.2, 0.25) is 0 Å². The van der Waals surface area contributed by atoms with E-state index in [2.05, 4.69) is 10.1 Å². The minimum Gasteiger partial charge on any atom is -0.497 e. The number of nitrogens with zero attached hydrogens (tertiary/aromatic N) is 3. The summed E-state index contributed by atoms with van der Waals surface area (Å²) in [5, 5.41) is 3.88. The highest BCUT2D eigenvalue weighted by Gasteiger charge is 2.25. The summed E-state index contributed by atoms with van der Waals surface area (Å²) >= 11 is 0. The van der Waals surface area contributed by atoms with Gasteiger partial charge in [-0.15, -0.1) is 0 Å². The Balaban J connectivity index is 1.95. The molecule has 0 aliphatic carbocycles. The third-order valence-corrected chi connectivity index (χ3v) is 6.36. The fourth-order valence-electron chi connectivity index (χ4n) is 2.88. The number of benzene rings is 2. The molecule has 3 rings (SSSR count). The average molecular weight is 417 g/mol. The van der Waals surface area contributed by atoms with Gasteiger partial charge in [-0.25, -0.2) is 8.42 Å². The van der Waals surface area contributed by atoms with E-state index in [1.54, 1.807) is 39.2 Å². The molecule has 154 valence electrons. The van der Waals surface area contributed by atoms with E-state index in [-0.39, 0.29) is 17.3 Å². The Morgan fingerprint density at radius 2 is 1.79 bits per heavy atom. The Kier molecular flexibility index (Phi) is 6.19. The summed E-state index contributed by atoms with van der Waals surface area (Å²) in [6.07, 6.45) is 0. The topological polar surface area (TPSA) is 94.8 Å². The van der Waals surface area contributed by atoms with Crippen LogP contribution in [-0.2, 0) is 16.6 Å². The molecule has 0 aliphatic rings. The van der Waals surface area contributed by atoms with Crippen molar-refractivity contribution >= 4 is 10.0 Å². The van der Waals surface area contributed by atoms with E-state index >= 15 is 0 Å². The number of hydrogen-bond donors (Lipinski definition) is 0. The second kappa shape index (κ2) is 8.62. The molecule has 1 aromatic heterocycles. The van der Waals surface area contributed by atoms with Crippen LogP contribution in [0.1, 0.15) is 18.4 Å². The monoisotopic (exact) mass is 417 g/mol. The van der Waals surface area contributed by atoms with E-state index in [0.29, 0.717) is 23.7 Å². The molecule has 0 fully saturated rings. The molecule has 2 aromatic carbocycles. The van der Waals surface area contributed by atoms with Gasteiger partial charge in [0.05, 0.1) is 24.7 Å². The van der Waals surface area contributed by atoms with E-state index in [1.165, 1.54) is 23.5 Å². The van der Waals surface area contributed by atoms with Crippen molar-refractivity contribution in [3.05, 3.63) is 53.9 Å².